The zero-order valence-electron chi connectivity index (χ0n) is 12.8. The molecular weight excluding hydrogens is 309 g/mol. The Morgan fingerprint density at radius 1 is 1.13 bits per heavy atom. The van der Waals surface area contributed by atoms with E-state index in [9.17, 15) is 18.0 Å². The highest BCUT2D eigenvalue weighted by Crippen LogP contribution is 2.26. The molecule has 2 heterocycles. The molecule has 23 heavy (non-hydrogen) atoms. The highest BCUT2D eigenvalue weighted by atomic mass is 19.4. The van der Waals surface area contributed by atoms with Crippen molar-refractivity contribution in [1.29, 1.82) is 0 Å². The molecule has 0 spiro atoms. The van der Waals surface area contributed by atoms with Crippen LogP contribution in [0.2, 0.25) is 0 Å². The first-order valence-electron chi connectivity index (χ1n) is 6.81. The molecule has 0 aliphatic carbocycles. The van der Waals surface area contributed by atoms with Crippen LogP contribution in [-0.4, -0.2) is 20.9 Å². The number of carbonyl (C=O) groups excluding carboxylic acids is 1. The van der Waals surface area contributed by atoms with Gasteiger partial charge in [0.2, 0.25) is 5.82 Å². The molecule has 0 bridgehead atoms. The molecule has 2 aromatic heterocycles. The van der Waals surface area contributed by atoms with Gasteiger partial charge < -0.3 is 5.32 Å². The molecule has 0 radical (unpaired) electrons. The Hall–Kier alpha value is -2.51. The predicted octanol–water partition coefficient (Wildman–Crippen LogP) is 2.75. The van der Waals surface area contributed by atoms with Crippen molar-refractivity contribution in [3.8, 4) is 0 Å². The Labute approximate surface area is 131 Å². The van der Waals surface area contributed by atoms with Gasteiger partial charge in [0.25, 0.3) is 5.91 Å². The Morgan fingerprint density at radius 3 is 2.43 bits per heavy atom. The molecule has 2 aromatic rings. The lowest BCUT2D eigenvalue weighted by molar-refractivity contribution is -0.145. The van der Waals surface area contributed by atoms with Gasteiger partial charge in [0, 0.05) is 11.4 Å². The lowest BCUT2D eigenvalue weighted by Gasteiger charge is -2.09. The van der Waals surface area contributed by atoms with Crippen molar-refractivity contribution >= 4 is 5.91 Å². The van der Waals surface area contributed by atoms with Crippen molar-refractivity contribution < 1.29 is 18.0 Å². The van der Waals surface area contributed by atoms with Crippen LogP contribution in [0.25, 0.3) is 0 Å². The zero-order chi connectivity index (χ0) is 17.2. The van der Waals surface area contributed by atoms with Gasteiger partial charge in [0.05, 0.1) is 12.2 Å². The summed E-state index contributed by atoms with van der Waals surface area (Å²) in [6.07, 6.45) is -4.70. The highest BCUT2D eigenvalue weighted by molar-refractivity contribution is 5.92. The monoisotopic (exact) mass is 324 g/mol. The summed E-state index contributed by atoms with van der Waals surface area (Å²) in [5.41, 5.74) is 2.20. The van der Waals surface area contributed by atoms with E-state index in [0.717, 1.165) is 11.3 Å². The number of aryl methyl sites for hydroxylation is 3. The molecular formula is C15H15F3N4O. The van der Waals surface area contributed by atoms with Crippen LogP contribution in [0.1, 0.15) is 39.0 Å². The summed E-state index contributed by atoms with van der Waals surface area (Å²) in [6, 6.07) is 4.81. The van der Waals surface area contributed by atoms with Crippen LogP contribution in [0, 0.1) is 20.8 Å². The molecule has 1 amide bonds. The fourth-order valence-electron chi connectivity index (χ4n) is 1.85. The first-order valence-corrected chi connectivity index (χ1v) is 6.81. The first kappa shape index (κ1) is 16.9. The molecule has 0 fully saturated rings. The standard InChI is InChI=1S/C15H15F3N4O/c1-8-4-5-11(21-10(8)3)7-19-13(23)12-6-9(2)20-14(22-12)15(16,17)18/h4-6H,7H2,1-3H3,(H,19,23). The van der Waals surface area contributed by atoms with Crippen LogP contribution in [0.15, 0.2) is 18.2 Å². The minimum atomic E-state index is -4.70. The van der Waals surface area contributed by atoms with E-state index >= 15 is 0 Å². The largest absolute Gasteiger partial charge is 0.451 e. The first-order chi connectivity index (χ1) is 10.7. The quantitative estimate of drug-likeness (QED) is 0.943. The number of amides is 1. The van der Waals surface area contributed by atoms with Gasteiger partial charge in [-0.2, -0.15) is 13.2 Å². The van der Waals surface area contributed by atoms with Crippen molar-refractivity contribution in [2.24, 2.45) is 0 Å². The second-order valence-corrected chi connectivity index (χ2v) is 5.10. The molecule has 5 nitrogen and oxygen atoms in total. The van der Waals surface area contributed by atoms with Crippen LogP contribution < -0.4 is 5.32 Å². The van der Waals surface area contributed by atoms with Crippen LogP contribution >= 0.6 is 0 Å². The second-order valence-electron chi connectivity index (χ2n) is 5.10. The lowest BCUT2D eigenvalue weighted by atomic mass is 10.2. The molecule has 0 atom stereocenters. The number of nitrogens with one attached hydrogen (secondary N) is 1. The molecule has 2 rings (SSSR count). The van der Waals surface area contributed by atoms with E-state index in [1.165, 1.54) is 13.0 Å². The number of carbonyl (C=O) groups is 1. The summed E-state index contributed by atoms with van der Waals surface area (Å²) in [7, 11) is 0. The van der Waals surface area contributed by atoms with E-state index in [0.29, 0.717) is 5.69 Å². The number of pyridine rings is 1. The molecule has 8 heteroatoms. The topological polar surface area (TPSA) is 67.8 Å². The third-order valence-electron chi connectivity index (χ3n) is 3.18. The second kappa shape index (κ2) is 6.31. The van der Waals surface area contributed by atoms with Crippen molar-refractivity contribution in [1.82, 2.24) is 20.3 Å². The van der Waals surface area contributed by atoms with Crippen LogP contribution in [-0.2, 0) is 12.7 Å². The maximum Gasteiger partial charge on any atom is 0.451 e. The molecule has 0 saturated heterocycles. The van der Waals surface area contributed by atoms with Crippen molar-refractivity contribution in [3.05, 3.63) is 52.4 Å². The van der Waals surface area contributed by atoms with E-state index in [2.05, 4.69) is 20.3 Å². The minimum Gasteiger partial charge on any atom is -0.345 e. The van der Waals surface area contributed by atoms with E-state index in [1.54, 1.807) is 6.07 Å². The average molecular weight is 324 g/mol. The summed E-state index contributed by atoms with van der Waals surface area (Å²) >= 11 is 0. The number of halogens is 3. The van der Waals surface area contributed by atoms with E-state index < -0.39 is 17.9 Å². The highest BCUT2D eigenvalue weighted by Gasteiger charge is 2.35. The Bertz CT molecular complexity index is 744. The van der Waals surface area contributed by atoms with Gasteiger partial charge in [-0.25, -0.2) is 9.97 Å². The molecule has 0 saturated carbocycles. The van der Waals surface area contributed by atoms with E-state index in [1.807, 2.05) is 19.9 Å². The molecule has 0 aliphatic rings. The van der Waals surface area contributed by atoms with Crippen molar-refractivity contribution in [3.63, 3.8) is 0 Å². The summed E-state index contributed by atoms with van der Waals surface area (Å²) in [4.78, 5) is 22.9. The molecule has 0 unspecified atom stereocenters. The van der Waals surface area contributed by atoms with Gasteiger partial charge in [-0.05, 0) is 38.5 Å². The smallest absolute Gasteiger partial charge is 0.345 e. The number of alkyl halides is 3. The SMILES string of the molecule is Cc1cc(C(=O)NCc2ccc(C)c(C)n2)nc(C(F)(F)F)n1. The summed E-state index contributed by atoms with van der Waals surface area (Å²) in [5.74, 6) is -2.03. The Morgan fingerprint density at radius 2 is 1.83 bits per heavy atom. The molecule has 122 valence electrons. The third-order valence-corrected chi connectivity index (χ3v) is 3.18. The maximum atomic E-state index is 12.7. The molecule has 0 aromatic carbocycles. The average Bonchev–Trinajstić information content (AvgIpc) is 2.46. The van der Waals surface area contributed by atoms with E-state index in [-0.39, 0.29) is 17.9 Å². The summed E-state index contributed by atoms with van der Waals surface area (Å²) < 4.78 is 38.0. The van der Waals surface area contributed by atoms with Crippen molar-refractivity contribution in [2.45, 2.75) is 33.5 Å². The van der Waals surface area contributed by atoms with Crippen LogP contribution in [0.5, 0.6) is 0 Å². The fourth-order valence-corrected chi connectivity index (χ4v) is 1.85. The van der Waals surface area contributed by atoms with Gasteiger partial charge in [-0.15, -0.1) is 0 Å². The van der Waals surface area contributed by atoms with Crippen molar-refractivity contribution in [2.75, 3.05) is 0 Å². The van der Waals surface area contributed by atoms with Crippen LogP contribution in [0.4, 0.5) is 13.2 Å². The summed E-state index contributed by atoms with van der Waals surface area (Å²) in [6.45, 7) is 5.22. The van der Waals surface area contributed by atoms with Gasteiger partial charge in [0.15, 0.2) is 0 Å². The Kier molecular flexibility index (Phi) is 4.63. The third kappa shape index (κ3) is 4.24. The number of hydrogen-bond acceptors (Lipinski definition) is 4. The van der Waals surface area contributed by atoms with Gasteiger partial charge in [0.1, 0.15) is 5.69 Å². The number of hydrogen-bond donors (Lipinski definition) is 1. The minimum absolute atomic E-state index is 0.0711. The molecule has 1 N–H and O–H groups in total. The molecule has 0 aliphatic heterocycles. The number of rotatable bonds is 3. The summed E-state index contributed by atoms with van der Waals surface area (Å²) in [5, 5.41) is 2.51. The number of nitrogens with zero attached hydrogens (tertiary/aromatic N) is 3. The van der Waals surface area contributed by atoms with Gasteiger partial charge in [-0.3, -0.25) is 9.78 Å². The Balaban J connectivity index is 2.14. The van der Waals surface area contributed by atoms with Crippen LogP contribution in [0.3, 0.4) is 0 Å². The lowest BCUT2D eigenvalue weighted by Crippen LogP contribution is -2.26. The van der Waals surface area contributed by atoms with Gasteiger partial charge in [-0.1, -0.05) is 6.07 Å². The zero-order valence-corrected chi connectivity index (χ0v) is 12.8. The predicted molar refractivity (Wildman–Crippen MR) is 76.7 cm³/mol. The van der Waals surface area contributed by atoms with E-state index in [4.69, 9.17) is 0 Å². The number of aromatic nitrogens is 3. The fraction of sp³-hybridized carbons (Fsp3) is 0.333. The van der Waals surface area contributed by atoms with Gasteiger partial charge >= 0.3 is 6.18 Å². The maximum absolute atomic E-state index is 12.7. The normalized spacial score (nSPS) is 11.4.